The van der Waals surface area contributed by atoms with Crippen molar-refractivity contribution in [1.82, 2.24) is 19.2 Å². The molecule has 0 aliphatic carbocycles. The first-order valence-corrected chi connectivity index (χ1v) is 17.4. The Labute approximate surface area is 292 Å². The molecule has 0 saturated carbocycles. The number of benzene rings is 2. The SMILES string of the molecule is CCO[C@@H]1OC(C(=O)N2CCN(Cc3ccc4c(c3)OCO4)CC2)=C[C@H](c2c(C)n(C)n(-c3ccccc3)c2=O)[C@H]1CCOCCOCCO. The van der Waals surface area contributed by atoms with E-state index in [9.17, 15) is 9.59 Å². The smallest absolute Gasteiger partial charge is 0.288 e. The molecule has 0 unspecified atom stereocenters. The Hall–Kier alpha value is -4.14. The van der Waals surface area contributed by atoms with Crippen LogP contribution in [0, 0.1) is 12.8 Å². The second-order valence-electron chi connectivity index (χ2n) is 12.6. The third kappa shape index (κ3) is 7.92. The fourth-order valence-corrected chi connectivity index (χ4v) is 6.91. The first-order chi connectivity index (χ1) is 24.4. The van der Waals surface area contributed by atoms with Crippen LogP contribution in [0.2, 0.25) is 0 Å². The predicted octanol–water partition coefficient (Wildman–Crippen LogP) is 2.95. The number of ether oxygens (including phenoxy) is 6. The van der Waals surface area contributed by atoms with E-state index in [1.54, 1.807) is 4.68 Å². The molecule has 1 amide bonds. The van der Waals surface area contributed by atoms with Crippen molar-refractivity contribution in [3.05, 3.63) is 87.5 Å². The number of aromatic nitrogens is 2. The van der Waals surface area contributed by atoms with Crippen LogP contribution < -0.4 is 15.0 Å². The number of aliphatic hydroxyl groups excluding tert-OH is 1. The lowest BCUT2D eigenvalue weighted by Gasteiger charge is -2.39. The number of carbonyl (C=O) groups is 1. The van der Waals surface area contributed by atoms with Crippen molar-refractivity contribution >= 4 is 5.91 Å². The molecule has 2 aromatic carbocycles. The van der Waals surface area contributed by atoms with E-state index in [1.165, 1.54) is 0 Å². The van der Waals surface area contributed by atoms with Crippen molar-refractivity contribution in [1.29, 1.82) is 0 Å². The Kier molecular flexibility index (Phi) is 11.9. The van der Waals surface area contributed by atoms with Gasteiger partial charge in [-0.25, -0.2) is 4.68 Å². The number of amides is 1. The van der Waals surface area contributed by atoms with Crippen molar-refractivity contribution in [3.63, 3.8) is 0 Å². The predicted molar refractivity (Wildman–Crippen MR) is 184 cm³/mol. The third-order valence-electron chi connectivity index (χ3n) is 9.56. The number of carbonyl (C=O) groups excluding carboxylic acids is 1. The number of piperazine rings is 1. The van der Waals surface area contributed by atoms with E-state index in [4.69, 9.17) is 33.5 Å². The Morgan fingerprint density at radius 2 is 1.70 bits per heavy atom. The van der Waals surface area contributed by atoms with Gasteiger partial charge in [-0.1, -0.05) is 24.3 Å². The highest BCUT2D eigenvalue weighted by Crippen LogP contribution is 2.40. The van der Waals surface area contributed by atoms with E-state index in [0.29, 0.717) is 64.6 Å². The van der Waals surface area contributed by atoms with Gasteiger partial charge in [0.15, 0.2) is 17.3 Å². The minimum atomic E-state index is -0.764. The molecular formula is C37H48N4O9. The van der Waals surface area contributed by atoms with Gasteiger partial charge in [0.25, 0.3) is 11.5 Å². The van der Waals surface area contributed by atoms with Crippen molar-refractivity contribution < 1.29 is 38.3 Å². The number of allylic oxidation sites excluding steroid dienone is 1. The lowest BCUT2D eigenvalue weighted by Crippen LogP contribution is -2.50. The van der Waals surface area contributed by atoms with Gasteiger partial charge in [0.05, 0.1) is 32.1 Å². The third-order valence-corrected chi connectivity index (χ3v) is 9.56. The second-order valence-corrected chi connectivity index (χ2v) is 12.6. The van der Waals surface area contributed by atoms with Gasteiger partial charge in [0.2, 0.25) is 13.1 Å². The zero-order chi connectivity index (χ0) is 35.0. The summed E-state index contributed by atoms with van der Waals surface area (Å²) in [5, 5.41) is 8.97. The molecule has 1 saturated heterocycles. The molecule has 0 bridgehead atoms. The normalized spacial score (nSPS) is 20.5. The zero-order valence-corrected chi connectivity index (χ0v) is 29.1. The highest BCUT2D eigenvalue weighted by Gasteiger charge is 2.42. The van der Waals surface area contributed by atoms with Crippen LogP contribution in [0.1, 0.15) is 36.1 Å². The van der Waals surface area contributed by atoms with Gasteiger partial charge in [-0.15, -0.1) is 0 Å². The summed E-state index contributed by atoms with van der Waals surface area (Å²) < 4.78 is 38.2. The van der Waals surface area contributed by atoms with Gasteiger partial charge in [0.1, 0.15) is 0 Å². The van der Waals surface area contributed by atoms with Crippen LogP contribution in [-0.2, 0) is 37.3 Å². The summed E-state index contributed by atoms with van der Waals surface area (Å²) in [7, 11) is 1.87. The fourth-order valence-electron chi connectivity index (χ4n) is 6.91. The summed E-state index contributed by atoms with van der Waals surface area (Å²) >= 11 is 0. The van der Waals surface area contributed by atoms with Crippen LogP contribution in [0.3, 0.4) is 0 Å². The Morgan fingerprint density at radius 1 is 0.960 bits per heavy atom. The average molecular weight is 693 g/mol. The van der Waals surface area contributed by atoms with Crippen LogP contribution in [0.4, 0.5) is 0 Å². The molecule has 0 spiro atoms. The molecule has 3 aliphatic heterocycles. The monoisotopic (exact) mass is 692 g/mol. The van der Waals surface area contributed by atoms with E-state index >= 15 is 0 Å². The Bertz CT molecular complexity index is 1680. The van der Waals surface area contributed by atoms with E-state index in [0.717, 1.165) is 35.0 Å². The molecule has 1 aromatic heterocycles. The maximum atomic E-state index is 14.3. The standard InChI is InChI=1S/C37H48N4O9/c1-4-47-37-29(12-18-45-20-21-46-19-17-42)30(34-26(2)38(3)41(36(34)44)28-8-6-5-7-9-28)23-33(50-37)35(43)40-15-13-39(14-16-40)24-27-10-11-31-32(22-27)49-25-48-31/h5-11,22-23,29-30,37,42H,4,12-21,24-25H2,1-3H3/t29-,30+,37-/m1/s1. The van der Waals surface area contributed by atoms with Crippen molar-refractivity contribution in [3.8, 4) is 17.2 Å². The molecule has 3 aliphatic rings. The van der Waals surface area contributed by atoms with Crippen molar-refractivity contribution in [2.45, 2.75) is 39.0 Å². The number of rotatable bonds is 15. The maximum Gasteiger partial charge on any atom is 0.288 e. The van der Waals surface area contributed by atoms with Gasteiger partial charge >= 0.3 is 0 Å². The maximum absolute atomic E-state index is 14.3. The van der Waals surface area contributed by atoms with Crippen LogP contribution in [0.15, 0.2) is 65.2 Å². The molecule has 4 heterocycles. The Balaban J connectivity index is 1.23. The molecule has 0 radical (unpaired) electrons. The summed E-state index contributed by atoms with van der Waals surface area (Å²) in [5.74, 6) is 0.733. The van der Waals surface area contributed by atoms with Gasteiger partial charge in [0, 0.05) is 76.1 Å². The first kappa shape index (κ1) is 35.7. The molecule has 1 fully saturated rings. The molecule has 3 atom stereocenters. The number of hydrogen-bond acceptors (Lipinski definition) is 10. The van der Waals surface area contributed by atoms with Crippen LogP contribution in [0.5, 0.6) is 11.5 Å². The Morgan fingerprint density at radius 3 is 2.44 bits per heavy atom. The van der Waals surface area contributed by atoms with E-state index in [-0.39, 0.29) is 43.2 Å². The van der Waals surface area contributed by atoms with Crippen LogP contribution >= 0.6 is 0 Å². The van der Waals surface area contributed by atoms with Gasteiger partial charge in [-0.3, -0.25) is 19.2 Å². The number of para-hydroxylation sites is 1. The highest BCUT2D eigenvalue weighted by atomic mass is 16.7. The topological polar surface area (TPSA) is 126 Å². The minimum Gasteiger partial charge on any atom is -0.459 e. The summed E-state index contributed by atoms with van der Waals surface area (Å²) in [6.07, 6.45) is 1.58. The average Bonchev–Trinajstić information content (AvgIpc) is 3.69. The fraction of sp³-hybridized carbons (Fsp3) is 0.514. The molecule has 3 aromatic rings. The summed E-state index contributed by atoms with van der Waals surface area (Å²) in [5.41, 5.74) is 3.12. The zero-order valence-electron chi connectivity index (χ0n) is 29.1. The summed E-state index contributed by atoms with van der Waals surface area (Å²) in [6, 6.07) is 15.5. The van der Waals surface area contributed by atoms with Crippen LogP contribution in [0.25, 0.3) is 5.69 Å². The quantitative estimate of drug-likeness (QED) is 0.238. The van der Waals surface area contributed by atoms with E-state index in [1.807, 2.05) is 85.1 Å². The number of nitrogens with zero attached hydrogens (tertiary/aromatic N) is 4. The highest BCUT2D eigenvalue weighted by molar-refractivity contribution is 5.92. The summed E-state index contributed by atoms with van der Waals surface area (Å²) in [6.45, 7) is 8.96. The molecule has 50 heavy (non-hydrogen) atoms. The van der Waals surface area contributed by atoms with E-state index < -0.39 is 12.2 Å². The van der Waals surface area contributed by atoms with Crippen molar-refractivity contribution in [2.24, 2.45) is 13.0 Å². The second kappa shape index (κ2) is 16.7. The van der Waals surface area contributed by atoms with Gasteiger partial charge < -0.3 is 38.4 Å². The number of hydrogen-bond donors (Lipinski definition) is 1. The number of fused-ring (bicyclic) bond motifs is 1. The van der Waals surface area contributed by atoms with Gasteiger partial charge in [-0.2, -0.15) is 0 Å². The minimum absolute atomic E-state index is 0.0433. The molecule has 270 valence electrons. The van der Waals surface area contributed by atoms with Gasteiger partial charge in [-0.05, 0) is 56.2 Å². The molecular weight excluding hydrogens is 644 g/mol. The molecule has 6 rings (SSSR count). The van der Waals surface area contributed by atoms with Crippen LogP contribution in [-0.4, -0.2) is 109 Å². The first-order valence-electron chi connectivity index (χ1n) is 17.4. The summed E-state index contributed by atoms with van der Waals surface area (Å²) in [4.78, 5) is 32.5. The van der Waals surface area contributed by atoms with E-state index in [2.05, 4.69) is 4.90 Å². The van der Waals surface area contributed by atoms with Crippen molar-refractivity contribution in [2.75, 3.05) is 72.6 Å². The lowest BCUT2D eigenvalue weighted by molar-refractivity contribution is -0.172. The molecule has 1 N–H and O–H groups in total. The number of aliphatic hydroxyl groups is 1. The lowest BCUT2D eigenvalue weighted by atomic mass is 9.81. The molecule has 13 nitrogen and oxygen atoms in total. The molecule has 13 heteroatoms. The largest absolute Gasteiger partial charge is 0.459 e.